The van der Waals surface area contributed by atoms with Crippen LogP contribution in [0.5, 0.6) is 5.75 Å². The van der Waals surface area contributed by atoms with Crippen LogP contribution in [-0.2, 0) is 23.1 Å². The molecule has 0 saturated heterocycles. The second-order valence-corrected chi connectivity index (χ2v) is 10.9. The first-order valence-electron chi connectivity index (χ1n) is 12.5. The summed E-state index contributed by atoms with van der Waals surface area (Å²) >= 11 is 0. The molecule has 1 N–H and O–H groups in total. The van der Waals surface area contributed by atoms with E-state index in [1.54, 1.807) is 72.8 Å². The molecule has 0 bridgehead atoms. The summed E-state index contributed by atoms with van der Waals surface area (Å²) in [5.41, 5.74) is 4.94. The molecule has 4 aromatic carbocycles. The number of sulfonamides is 1. The van der Waals surface area contributed by atoms with Gasteiger partial charge in [0.25, 0.3) is 15.9 Å². The molecule has 0 aliphatic rings. The molecule has 4 aromatic rings. The molecule has 0 radical (unpaired) electrons. The average Bonchev–Trinajstić information content (AvgIpc) is 2.92. The molecule has 0 fully saturated rings. The predicted molar refractivity (Wildman–Crippen MR) is 151 cm³/mol. The van der Waals surface area contributed by atoms with Gasteiger partial charge in [-0.3, -0.25) is 9.10 Å². The molecule has 38 heavy (non-hydrogen) atoms. The number of hydrogen-bond acceptors (Lipinski definition) is 4. The molecule has 7 heteroatoms. The summed E-state index contributed by atoms with van der Waals surface area (Å²) in [5.74, 6) is 0.487. The molecule has 0 saturated carbocycles. The fourth-order valence-electron chi connectivity index (χ4n) is 4.04. The van der Waals surface area contributed by atoms with Crippen LogP contribution in [0.25, 0.3) is 0 Å². The van der Waals surface area contributed by atoms with Crippen molar-refractivity contribution in [3.8, 4) is 5.75 Å². The molecule has 1 amide bonds. The Labute approximate surface area is 225 Å². The first kappa shape index (κ1) is 26.9. The lowest BCUT2D eigenvalue weighted by Gasteiger charge is -2.25. The minimum Gasteiger partial charge on any atom is -0.494 e. The highest BCUT2D eigenvalue weighted by molar-refractivity contribution is 7.92. The van der Waals surface area contributed by atoms with E-state index in [9.17, 15) is 13.2 Å². The van der Waals surface area contributed by atoms with Gasteiger partial charge < -0.3 is 10.1 Å². The molecule has 6 nitrogen and oxygen atoms in total. The van der Waals surface area contributed by atoms with Gasteiger partial charge in [-0.25, -0.2) is 8.42 Å². The highest BCUT2D eigenvalue weighted by atomic mass is 32.2. The molecule has 0 unspecified atom stereocenters. The summed E-state index contributed by atoms with van der Waals surface area (Å²) in [6.45, 7) is 6.89. The van der Waals surface area contributed by atoms with E-state index < -0.39 is 10.0 Å². The van der Waals surface area contributed by atoms with Gasteiger partial charge in [0, 0.05) is 12.1 Å². The summed E-state index contributed by atoms with van der Waals surface area (Å²) in [4.78, 5) is 12.9. The van der Waals surface area contributed by atoms with Crippen molar-refractivity contribution in [3.05, 3.63) is 125 Å². The number of nitrogens with one attached hydrogen (secondary N) is 1. The molecule has 196 valence electrons. The molecule has 0 aliphatic heterocycles. The van der Waals surface area contributed by atoms with Crippen molar-refractivity contribution in [2.75, 3.05) is 10.9 Å². The summed E-state index contributed by atoms with van der Waals surface area (Å²) in [5, 5.41) is 2.95. The van der Waals surface area contributed by atoms with E-state index in [4.69, 9.17) is 4.74 Å². The van der Waals surface area contributed by atoms with Gasteiger partial charge in [0.2, 0.25) is 0 Å². The van der Waals surface area contributed by atoms with Gasteiger partial charge >= 0.3 is 0 Å². The Morgan fingerprint density at radius 1 is 0.842 bits per heavy atom. The summed E-state index contributed by atoms with van der Waals surface area (Å²) < 4.78 is 34.3. The summed E-state index contributed by atoms with van der Waals surface area (Å²) in [6, 6.07) is 28.7. The Hall–Kier alpha value is -4.10. The topological polar surface area (TPSA) is 75.7 Å². The molecule has 0 aliphatic carbocycles. The Morgan fingerprint density at radius 3 is 2.13 bits per heavy atom. The van der Waals surface area contributed by atoms with Crippen molar-refractivity contribution in [3.63, 3.8) is 0 Å². The number of amides is 1. The Balaban J connectivity index is 1.56. The van der Waals surface area contributed by atoms with Crippen LogP contribution >= 0.6 is 0 Å². The molecule has 0 heterocycles. The smallest absolute Gasteiger partial charge is 0.264 e. The lowest BCUT2D eigenvalue weighted by molar-refractivity contribution is 0.0951. The number of rotatable bonds is 10. The SMILES string of the molecule is CCOc1ccc(N(Cc2ccc(C(=O)NCc3ccccc3C)cc2)S(=O)(=O)c2ccc(C)cc2)cc1. The van der Waals surface area contributed by atoms with Crippen LogP contribution in [0.15, 0.2) is 102 Å². The molecular formula is C31H32N2O4S. The maximum atomic E-state index is 13.7. The van der Waals surface area contributed by atoms with E-state index in [-0.39, 0.29) is 17.3 Å². The van der Waals surface area contributed by atoms with Gasteiger partial charge in [-0.05, 0) is 86.0 Å². The number of carbonyl (C=O) groups is 1. The van der Waals surface area contributed by atoms with E-state index in [0.717, 1.165) is 22.3 Å². The minimum absolute atomic E-state index is 0.106. The zero-order valence-electron chi connectivity index (χ0n) is 21.8. The summed E-state index contributed by atoms with van der Waals surface area (Å²) in [6.07, 6.45) is 0. The number of nitrogens with zero attached hydrogens (tertiary/aromatic N) is 1. The number of carbonyl (C=O) groups excluding carboxylic acids is 1. The molecular weight excluding hydrogens is 496 g/mol. The van der Waals surface area contributed by atoms with E-state index >= 15 is 0 Å². The lowest BCUT2D eigenvalue weighted by Crippen LogP contribution is -2.30. The van der Waals surface area contributed by atoms with Gasteiger partial charge in [-0.2, -0.15) is 0 Å². The second kappa shape index (κ2) is 12.0. The zero-order chi connectivity index (χ0) is 27.1. The van der Waals surface area contributed by atoms with E-state index in [1.807, 2.05) is 45.0 Å². The molecule has 0 atom stereocenters. The van der Waals surface area contributed by atoms with Crippen LogP contribution in [0.3, 0.4) is 0 Å². The standard InChI is InChI=1S/C31H32N2O4S/c1-4-37-29-17-15-28(16-18-29)33(38(35,36)30-19-9-23(2)10-20-30)22-25-11-13-26(14-12-25)31(34)32-21-27-8-6-5-7-24(27)3/h5-20H,4,21-22H2,1-3H3,(H,32,34). The average molecular weight is 529 g/mol. The molecule has 4 rings (SSSR count). The molecule has 0 spiro atoms. The van der Waals surface area contributed by atoms with Crippen LogP contribution in [0.4, 0.5) is 5.69 Å². The first-order chi connectivity index (χ1) is 18.3. The van der Waals surface area contributed by atoms with Crippen LogP contribution in [0.2, 0.25) is 0 Å². The Kier molecular flexibility index (Phi) is 8.48. The highest BCUT2D eigenvalue weighted by Gasteiger charge is 2.25. The van der Waals surface area contributed by atoms with Crippen LogP contribution < -0.4 is 14.4 Å². The fourth-order valence-corrected chi connectivity index (χ4v) is 5.49. The lowest BCUT2D eigenvalue weighted by atomic mass is 10.1. The van der Waals surface area contributed by atoms with Gasteiger partial charge in [-0.15, -0.1) is 0 Å². The van der Waals surface area contributed by atoms with Crippen LogP contribution in [0.1, 0.15) is 39.5 Å². The minimum atomic E-state index is -3.85. The number of aryl methyl sites for hydroxylation is 2. The molecule has 0 aromatic heterocycles. The van der Waals surface area contributed by atoms with Gasteiger partial charge in [0.05, 0.1) is 23.7 Å². The maximum Gasteiger partial charge on any atom is 0.264 e. The number of benzene rings is 4. The zero-order valence-corrected chi connectivity index (χ0v) is 22.7. The fraction of sp³-hybridized carbons (Fsp3) is 0.194. The Bertz CT molecular complexity index is 1480. The largest absolute Gasteiger partial charge is 0.494 e. The van der Waals surface area contributed by atoms with E-state index in [0.29, 0.717) is 30.2 Å². The van der Waals surface area contributed by atoms with Gasteiger partial charge in [-0.1, -0.05) is 54.1 Å². The van der Waals surface area contributed by atoms with Crippen molar-refractivity contribution in [2.24, 2.45) is 0 Å². The van der Waals surface area contributed by atoms with Crippen LogP contribution in [0, 0.1) is 13.8 Å². The van der Waals surface area contributed by atoms with Crippen molar-refractivity contribution in [1.82, 2.24) is 5.32 Å². The quantitative estimate of drug-likeness (QED) is 0.273. The van der Waals surface area contributed by atoms with Gasteiger partial charge in [0.15, 0.2) is 0 Å². The number of ether oxygens (including phenoxy) is 1. The summed E-state index contributed by atoms with van der Waals surface area (Å²) in [7, 11) is -3.85. The van der Waals surface area contributed by atoms with E-state index in [1.165, 1.54) is 4.31 Å². The third kappa shape index (κ3) is 6.42. The van der Waals surface area contributed by atoms with Crippen molar-refractivity contribution in [1.29, 1.82) is 0 Å². The van der Waals surface area contributed by atoms with Crippen molar-refractivity contribution >= 4 is 21.6 Å². The van der Waals surface area contributed by atoms with E-state index in [2.05, 4.69) is 5.32 Å². The third-order valence-corrected chi connectivity index (χ3v) is 8.08. The highest BCUT2D eigenvalue weighted by Crippen LogP contribution is 2.28. The normalized spacial score (nSPS) is 11.1. The second-order valence-electron chi connectivity index (χ2n) is 9.06. The number of hydrogen-bond donors (Lipinski definition) is 1. The monoisotopic (exact) mass is 528 g/mol. The third-order valence-electron chi connectivity index (χ3n) is 6.29. The van der Waals surface area contributed by atoms with Crippen molar-refractivity contribution in [2.45, 2.75) is 38.8 Å². The van der Waals surface area contributed by atoms with Crippen LogP contribution in [-0.4, -0.2) is 20.9 Å². The predicted octanol–water partition coefficient (Wildman–Crippen LogP) is 6.03. The van der Waals surface area contributed by atoms with Gasteiger partial charge in [0.1, 0.15) is 5.75 Å². The number of anilines is 1. The Morgan fingerprint density at radius 2 is 1.50 bits per heavy atom. The first-order valence-corrected chi connectivity index (χ1v) is 14.0. The van der Waals surface area contributed by atoms with Crippen molar-refractivity contribution < 1.29 is 17.9 Å². The maximum absolute atomic E-state index is 13.7.